The molecule has 1 unspecified atom stereocenters. The van der Waals surface area contributed by atoms with Crippen LogP contribution in [0.1, 0.15) is 13.3 Å². The van der Waals surface area contributed by atoms with Crippen molar-refractivity contribution in [3.05, 3.63) is 0 Å². The maximum atomic E-state index is 5.09. The van der Waals surface area contributed by atoms with E-state index in [2.05, 4.69) is 6.92 Å². The Morgan fingerprint density at radius 3 is 1.75 bits per heavy atom. The summed E-state index contributed by atoms with van der Waals surface area (Å²) >= 11 is 0. The predicted molar refractivity (Wildman–Crippen MR) is 30.5 cm³/mol. The number of ether oxygens (including phenoxy) is 2. The molecular formula is C6H12O2. The van der Waals surface area contributed by atoms with Crippen molar-refractivity contribution in [3.63, 3.8) is 0 Å². The van der Waals surface area contributed by atoms with E-state index in [1.165, 1.54) is 0 Å². The molecule has 0 bridgehead atoms. The summed E-state index contributed by atoms with van der Waals surface area (Å²) < 4.78 is 10.2. The minimum absolute atomic E-state index is 0.208. The normalized spacial score (nSPS) is 32.6. The van der Waals surface area contributed by atoms with Gasteiger partial charge in [0, 0.05) is 26.6 Å². The zero-order valence-electron chi connectivity index (χ0n) is 5.60. The zero-order valence-corrected chi connectivity index (χ0v) is 5.60. The molecule has 0 amide bonds. The molecule has 0 saturated heterocycles. The highest BCUT2D eigenvalue weighted by molar-refractivity contribution is 4.93. The first-order valence-electron chi connectivity index (χ1n) is 2.85. The molecule has 48 valence electrons. The fourth-order valence-corrected chi connectivity index (χ4v) is 1.02. The van der Waals surface area contributed by atoms with Crippen molar-refractivity contribution < 1.29 is 9.47 Å². The van der Waals surface area contributed by atoms with E-state index in [1.807, 2.05) is 0 Å². The molecule has 1 aliphatic rings. The molecule has 1 aliphatic carbocycles. The second kappa shape index (κ2) is 1.71. The molecule has 8 heavy (non-hydrogen) atoms. The van der Waals surface area contributed by atoms with Crippen molar-refractivity contribution in [2.45, 2.75) is 19.1 Å². The highest BCUT2D eigenvalue weighted by Gasteiger charge is 2.52. The van der Waals surface area contributed by atoms with Gasteiger partial charge in [-0.25, -0.2) is 0 Å². The second-order valence-corrected chi connectivity index (χ2v) is 2.33. The summed E-state index contributed by atoms with van der Waals surface area (Å²) in [6.45, 7) is 2.12. The van der Waals surface area contributed by atoms with Gasteiger partial charge in [0.05, 0.1) is 0 Å². The lowest BCUT2D eigenvalue weighted by Gasteiger charge is -2.10. The first kappa shape index (κ1) is 6.05. The summed E-state index contributed by atoms with van der Waals surface area (Å²) in [4.78, 5) is 0. The Kier molecular flexibility index (Phi) is 1.29. The van der Waals surface area contributed by atoms with Crippen molar-refractivity contribution in [2.24, 2.45) is 5.92 Å². The van der Waals surface area contributed by atoms with Gasteiger partial charge in [0.15, 0.2) is 5.79 Å². The third kappa shape index (κ3) is 0.644. The van der Waals surface area contributed by atoms with Crippen LogP contribution in [0.15, 0.2) is 0 Å². The van der Waals surface area contributed by atoms with Gasteiger partial charge in [0.1, 0.15) is 0 Å². The van der Waals surface area contributed by atoms with E-state index in [0.29, 0.717) is 5.92 Å². The summed E-state index contributed by atoms with van der Waals surface area (Å²) in [5.41, 5.74) is 0. The van der Waals surface area contributed by atoms with Crippen LogP contribution in [0.4, 0.5) is 0 Å². The SMILES string of the molecule is COC1(OC)CC1C. The highest BCUT2D eigenvalue weighted by atomic mass is 16.7. The first-order chi connectivity index (χ1) is 3.75. The maximum Gasteiger partial charge on any atom is 0.170 e. The number of hydrogen-bond acceptors (Lipinski definition) is 2. The lowest BCUT2D eigenvalue weighted by molar-refractivity contribution is -0.138. The molecule has 0 aromatic carbocycles. The summed E-state index contributed by atoms with van der Waals surface area (Å²) in [6.07, 6.45) is 1.04. The summed E-state index contributed by atoms with van der Waals surface area (Å²) in [7, 11) is 3.38. The van der Waals surface area contributed by atoms with Gasteiger partial charge in [-0.15, -0.1) is 0 Å². The minimum Gasteiger partial charge on any atom is -0.353 e. The van der Waals surface area contributed by atoms with Crippen LogP contribution in [0.2, 0.25) is 0 Å². The molecule has 0 aromatic rings. The molecule has 1 fully saturated rings. The van der Waals surface area contributed by atoms with Gasteiger partial charge < -0.3 is 9.47 Å². The number of rotatable bonds is 2. The molecule has 1 atom stereocenters. The molecular weight excluding hydrogens is 104 g/mol. The lowest BCUT2D eigenvalue weighted by Crippen LogP contribution is -2.16. The van der Waals surface area contributed by atoms with Crippen LogP contribution in [0.5, 0.6) is 0 Å². The van der Waals surface area contributed by atoms with E-state index in [1.54, 1.807) is 14.2 Å². The largest absolute Gasteiger partial charge is 0.353 e. The maximum absolute atomic E-state index is 5.09. The molecule has 2 nitrogen and oxygen atoms in total. The summed E-state index contributed by atoms with van der Waals surface area (Å²) in [5, 5.41) is 0. The zero-order chi connectivity index (χ0) is 6.20. The fourth-order valence-electron chi connectivity index (χ4n) is 1.02. The molecule has 0 radical (unpaired) electrons. The molecule has 2 heteroatoms. The lowest BCUT2D eigenvalue weighted by atomic mass is 10.5. The van der Waals surface area contributed by atoms with Crippen molar-refractivity contribution >= 4 is 0 Å². The quantitative estimate of drug-likeness (QED) is 0.501. The molecule has 0 N–H and O–H groups in total. The monoisotopic (exact) mass is 116 g/mol. The Bertz CT molecular complexity index is 81.0. The summed E-state index contributed by atoms with van der Waals surface area (Å²) in [5.74, 6) is 0.373. The standard InChI is InChI=1S/C6H12O2/c1-5-4-6(5,7-2)8-3/h5H,4H2,1-3H3. The Balaban J connectivity index is 2.39. The van der Waals surface area contributed by atoms with Crippen LogP contribution in [-0.4, -0.2) is 20.0 Å². The minimum atomic E-state index is -0.208. The Labute approximate surface area is 49.8 Å². The third-order valence-corrected chi connectivity index (χ3v) is 1.87. The second-order valence-electron chi connectivity index (χ2n) is 2.33. The highest BCUT2D eigenvalue weighted by Crippen LogP contribution is 2.46. The van der Waals surface area contributed by atoms with Crippen LogP contribution in [0.25, 0.3) is 0 Å². The molecule has 0 heterocycles. The molecule has 0 aromatic heterocycles. The van der Waals surface area contributed by atoms with Crippen LogP contribution in [-0.2, 0) is 9.47 Å². The van der Waals surface area contributed by atoms with Gasteiger partial charge in [-0.05, 0) is 0 Å². The van der Waals surface area contributed by atoms with E-state index >= 15 is 0 Å². The van der Waals surface area contributed by atoms with Gasteiger partial charge in [-0.1, -0.05) is 6.92 Å². The van der Waals surface area contributed by atoms with Crippen molar-refractivity contribution in [3.8, 4) is 0 Å². The van der Waals surface area contributed by atoms with Gasteiger partial charge in [-0.3, -0.25) is 0 Å². The molecule has 1 saturated carbocycles. The Hall–Kier alpha value is -0.0800. The summed E-state index contributed by atoms with van der Waals surface area (Å²) in [6, 6.07) is 0. The molecule has 0 aliphatic heterocycles. The predicted octanol–water partition coefficient (Wildman–Crippen LogP) is 1.02. The Morgan fingerprint density at radius 2 is 1.75 bits per heavy atom. The third-order valence-electron chi connectivity index (χ3n) is 1.87. The smallest absolute Gasteiger partial charge is 0.170 e. The number of hydrogen-bond donors (Lipinski definition) is 0. The van der Waals surface area contributed by atoms with Gasteiger partial charge in [-0.2, -0.15) is 0 Å². The van der Waals surface area contributed by atoms with E-state index in [4.69, 9.17) is 9.47 Å². The van der Waals surface area contributed by atoms with E-state index in [0.717, 1.165) is 6.42 Å². The van der Waals surface area contributed by atoms with Crippen molar-refractivity contribution in [1.29, 1.82) is 0 Å². The van der Waals surface area contributed by atoms with Gasteiger partial charge >= 0.3 is 0 Å². The van der Waals surface area contributed by atoms with Gasteiger partial charge in [0.25, 0.3) is 0 Å². The topological polar surface area (TPSA) is 18.5 Å². The van der Waals surface area contributed by atoms with Crippen LogP contribution < -0.4 is 0 Å². The van der Waals surface area contributed by atoms with Crippen molar-refractivity contribution in [1.82, 2.24) is 0 Å². The van der Waals surface area contributed by atoms with E-state index < -0.39 is 0 Å². The average molecular weight is 116 g/mol. The number of methoxy groups -OCH3 is 2. The van der Waals surface area contributed by atoms with Crippen molar-refractivity contribution in [2.75, 3.05) is 14.2 Å². The Morgan fingerprint density at radius 1 is 1.38 bits per heavy atom. The van der Waals surface area contributed by atoms with E-state index in [-0.39, 0.29) is 5.79 Å². The fraction of sp³-hybridized carbons (Fsp3) is 1.00. The molecule has 1 rings (SSSR count). The van der Waals surface area contributed by atoms with Crippen LogP contribution in [0, 0.1) is 5.92 Å². The van der Waals surface area contributed by atoms with Gasteiger partial charge in [0.2, 0.25) is 0 Å². The first-order valence-corrected chi connectivity index (χ1v) is 2.85. The molecule has 0 spiro atoms. The van der Waals surface area contributed by atoms with E-state index in [9.17, 15) is 0 Å². The van der Waals surface area contributed by atoms with Crippen LogP contribution in [0.3, 0.4) is 0 Å². The average Bonchev–Trinajstić information content (AvgIpc) is 2.43. The van der Waals surface area contributed by atoms with Crippen LogP contribution >= 0.6 is 0 Å².